The van der Waals surface area contributed by atoms with Crippen LogP contribution < -0.4 is 0 Å². The zero-order chi connectivity index (χ0) is 11.4. The molecule has 0 radical (unpaired) electrons. The molecule has 4 heteroatoms. The van der Waals surface area contributed by atoms with E-state index in [-0.39, 0.29) is 11.7 Å². The van der Waals surface area contributed by atoms with Crippen LogP contribution in [0.15, 0.2) is 18.2 Å². The molecule has 0 bridgehead atoms. The van der Waals surface area contributed by atoms with Gasteiger partial charge in [0, 0.05) is 18.2 Å². The SMILES string of the molecule is CC(=O)CC(CCl)c1ccc(Cl)c(Cl)c1. The third kappa shape index (κ3) is 3.67. The van der Waals surface area contributed by atoms with E-state index in [0.717, 1.165) is 5.56 Å². The maximum Gasteiger partial charge on any atom is 0.130 e. The van der Waals surface area contributed by atoms with Crippen molar-refractivity contribution in [1.29, 1.82) is 0 Å². The molecular formula is C11H11Cl3O. The van der Waals surface area contributed by atoms with Crippen LogP contribution in [0.25, 0.3) is 0 Å². The Morgan fingerprint density at radius 1 is 1.33 bits per heavy atom. The lowest BCUT2D eigenvalue weighted by Gasteiger charge is -2.13. The van der Waals surface area contributed by atoms with Gasteiger partial charge < -0.3 is 4.79 Å². The molecule has 0 amide bonds. The fraction of sp³-hybridized carbons (Fsp3) is 0.364. The molecule has 0 aromatic heterocycles. The summed E-state index contributed by atoms with van der Waals surface area (Å²) in [6.07, 6.45) is 0.432. The Morgan fingerprint density at radius 2 is 2.00 bits per heavy atom. The van der Waals surface area contributed by atoms with E-state index in [1.165, 1.54) is 0 Å². The van der Waals surface area contributed by atoms with Gasteiger partial charge in [-0.3, -0.25) is 0 Å². The molecule has 1 unspecified atom stereocenters. The largest absolute Gasteiger partial charge is 0.300 e. The van der Waals surface area contributed by atoms with Crippen molar-refractivity contribution in [2.75, 3.05) is 5.88 Å². The fourth-order valence-electron chi connectivity index (χ4n) is 1.37. The highest BCUT2D eigenvalue weighted by atomic mass is 35.5. The smallest absolute Gasteiger partial charge is 0.130 e. The molecule has 0 spiro atoms. The number of ketones is 1. The molecule has 15 heavy (non-hydrogen) atoms. The lowest BCUT2D eigenvalue weighted by Crippen LogP contribution is -2.05. The van der Waals surface area contributed by atoms with E-state index in [1.807, 2.05) is 6.07 Å². The van der Waals surface area contributed by atoms with Gasteiger partial charge in [0.05, 0.1) is 10.0 Å². The van der Waals surface area contributed by atoms with Gasteiger partial charge in [0.15, 0.2) is 0 Å². The zero-order valence-corrected chi connectivity index (χ0v) is 10.5. The summed E-state index contributed by atoms with van der Waals surface area (Å²) in [4.78, 5) is 11.0. The first-order valence-corrected chi connectivity index (χ1v) is 5.84. The molecule has 0 fully saturated rings. The van der Waals surface area contributed by atoms with Crippen LogP contribution in [0.1, 0.15) is 24.8 Å². The van der Waals surface area contributed by atoms with Crippen molar-refractivity contribution in [1.82, 2.24) is 0 Å². The van der Waals surface area contributed by atoms with Crippen molar-refractivity contribution in [3.63, 3.8) is 0 Å². The van der Waals surface area contributed by atoms with Gasteiger partial charge in [-0.05, 0) is 24.6 Å². The van der Waals surface area contributed by atoms with Crippen LogP contribution in [0.4, 0.5) is 0 Å². The van der Waals surface area contributed by atoms with Crippen LogP contribution in [-0.4, -0.2) is 11.7 Å². The number of carbonyl (C=O) groups excluding carboxylic acids is 1. The van der Waals surface area contributed by atoms with Gasteiger partial charge in [-0.15, -0.1) is 11.6 Å². The van der Waals surface area contributed by atoms with Crippen molar-refractivity contribution in [3.8, 4) is 0 Å². The Bertz CT molecular complexity index is 363. The van der Waals surface area contributed by atoms with E-state index in [9.17, 15) is 4.79 Å². The quantitative estimate of drug-likeness (QED) is 0.742. The molecule has 0 N–H and O–H groups in total. The first kappa shape index (κ1) is 12.8. The summed E-state index contributed by atoms with van der Waals surface area (Å²) in [5, 5.41) is 1.00. The van der Waals surface area contributed by atoms with Gasteiger partial charge in [-0.1, -0.05) is 29.3 Å². The molecule has 1 aromatic rings. The molecule has 0 heterocycles. The number of carbonyl (C=O) groups is 1. The summed E-state index contributed by atoms with van der Waals surface area (Å²) in [7, 11) is 0. The van der Waals surface area contributed by atoms with Crippen molar-refractivity contribution >= 4 is 40.6 Å². The highest BCUT2D eigenvalue weighted by Gasteiger charge is 2.13. The van der Waals surface area contributed by atoms with Crippen LogP contribution in [0, 0.1) is 0 Å². The van der Waals surface area contributed by atoms with Crippen LogP contribution >= 0.6 is 34.8 Å². The predicted octanol–water partition coefficient (Wildman–Crippen LogP) is 4.29. The predicted molar refractivity (Wildman–Crippen MR) is 65.2 cm³/mol. The van der Waals surface area contributed by atoms with Crippen molar-refractivity contribution in [3.05, 3.63) is 33.8 Å². The normalized spacial score (nSPS) is 12.5. The maximum absolute atomic E-state index is 11.0. The third-order valence-electron chi connectivity index (χ3n) is 2.14. The number of rotatable bonds is 4. The zero-order valence-electron chi connectivity index (χ0n) is 8.27. The van der Waals surface area contributed by atoms with E-state index in [1.54, 1.807) is 19.1 Å². The second-order valence-electron chi connectivity index (χ2n) is 3.43. The van der Waals surface area contributed by atoms with Crippen LogP contribution in [0.2, 0.25) is 10.0 Å². The van der Waals surface area contributed by atoms with Crippen molar-refractivity contribution in [2.24, 2.45) is 0 Å². The molecular weight excluding hydrogens is 254 g/mol. The Kier molecular flexibility index (Phi) is 4.91. The van der Waals surface area contributed by atoms with Gasteiger partial charge in [0.2, 0.25) is 0 Å². The van der Waals surface area contributed by atoms with Gasteiger partial charge in [-0.2, -0.15) is 0 Å². The number of Topliss-reactive ketones (excluding diaryl/α,β-unsaturated/α-hetero) is 1. The van der Waals surface area contributed by atoms with Crippen LogP contribution in [0.5, 0.6) is 0 Å². The van der Waals surface area contributed by atoms with Crippen molar-refractivity contribution < 1.29 is 4.79 Å². The summed E-state index contributed by atoms with van der Waals surface area (Å²) in [5.41, 5.74) is 0.953. The molecule has 82 valence electrons. The number of halogens is 3. The molecule has 0 saturated carbocycles. The standard InChI is InChI=1S/C11H11Cl3O/c1-7(15)4-9(6-12)8-2-3-10(13)11(14)5-8/h2-3,5,9H,4,6H2,1H3. The number of hydrogen-bond donors (Lipinski definition) is 0. The Hall–Kier alpha value is -0.240. The minimum atomic E-state index is 0.0129. The summed E-state index contributed by atoms with van der Waals surface area (Å²) in [5.74, 6) is 0.531. The first-order valence-electron chi connectivity index (χ1n) is 4.55. The highest BCUT2D eigenvalue weighted by Crippen LogP contribution is 2.28. The Morgan fingerprint density at radius 3 is 2.47 bits per heavy atom. The minimum absolute atomic E-state index is 0.0129. The summed E-state index contributed by atoms with van der Waals surface area (Å²) >= 11 is 17.5. The molecule has 1 rings (SSSR count). The van der Waals surface area contributed by atoms with Gasteiger partial charge in [-0.25, -0.2) is 0 Å². The second-order valence-corrected chi connectivity index (χ2v) is 4.55. The molecule has 1 nitrogen and oxygen atoms in total. The molecule has 0 aliphatic carbocycles. The number of benzene rings is 1. The third-order valence-corrected chi connectivity index (χ3v) is 3.25. The number of hydrogen-bond acceptors (Lipinski definition) is 1. The summed E-state index contributed by atoms with van der Waals surface area (Å²) in [6, 6.07) is 5.34. The van der Waals surface area contributed by atoms with E-state index in [0.29, 0.717) is 22.3 Å². The van der Waals surface area contributed by atoms with E-state index in [4.69, 9.17) is 34.8 Å². The van der Waals surface area contributed by atoms with Gasteiger partial charge >= 0.3 is 0 Å². The minimum Gasteiger partial charge on any atom is -0.300 e. The number of alkyl halides is 1. The molecule has 0 aliphatic rings. The van der Waals surface area contributed by atoms with E-state index < -0.39 is 0 Å². The summed E-state index contributed by atoms with van der Waals surface area (Å²) < 4.78 is 0. The fourth-order valence-corrected chi connectivity index (χ4v) is 1.97. The maximum atomic E-state index is 11.0. The van der Waals surface area contributed by atoms with E-state index in [2.05, 4.69) is 0 Å². The van der Waals surface area contributed by atoms with Gasteiger partial charge in [0.1, 0.15) is 5.78 Å². The molecule has 0 aliphatic heterocycles. The Balaban J connectivity index is 2.92. The van der Waals surface area contributed by atoms with E-state index >= 15 is 0 Å². The molecule has 0 saturated heterocycles. The summed E-state index contributed by atoms with van der Waals surface area (Å²) in [6.45, 7) is 1.55. The molecule has 1 atom stereocenters. The van der Waals surface area contributed by atoms with Crippen LogP contribution in [0.3, 0.4) is 0 Å². The first-order chi connectivity index (χ1) is 7.04. The highest BCUT2D eigenvalue weighted by molar-refractivity contribution is 6.42. The average Bonchev–Trinajstić information content (AvgIpc) is 2.18. The van der Waals surface area contributed by atoms with Crippen molar-refractivity contribution in [2.45, 2.75) is 19.3 Å². The van der Waals surface area contributed by atoms with Crippen LogP contribution in [-0.2, 0) is 4.79 Å². The Labute approximate surface area is 104 Å². The lowest BCUT2D eigenvalue weighted by atomic mass is 9.96. The monoisotopic (exact) mass is 264 g/mol. The molecule has 1 aromatic carbocycles. The topological polar surface area (TPSA) is 17.1 Å². The lowest BCUT2D eigenvalue weighted by molar-refractivity contribution is -0.117. The second kappa shape index (κ2) is 5.74. The average molecular weight is 266 g/mol. The van der Waals surface area contributed by atoms with Gasteiger partial charge in [0.25, 0.3) is 0 Å².